The van der Waals surface area contributed by atoms with Gasteiger partial charge in [0.15, 0.2) is 0 Å². The van der Waals surface area contributed by atoms with Gasteiger partial charge in [0.2, 0.25) is 0 Å². The molecular formula is C16H24BrN3. The molecule has 0 bridgehead atoms. The van der Waals surface area contributed by atoms with Gasteiger partial charge in [0.25, 0.3) is 0 Å². The quantitative estimate of drug-likeness (QED) is 0.915. The van der Waals surface area contributed by atoms with Gasteiger partial charge in [0.05, 0.1) is 5.69 Å². The molecule has 20 heavy (non-hydrogen) atoms. The van der Waals surface area contributed by atoms with E-state index in [-0.39, 0.29) is 0 Å². The van der Waals surface area contributed by atoms with Crippen LogP contribution in [0.4, 0.5) is 0 Å². The second-order valence-electron chi connectivity index (χ2n) is 6.56. The van der Waals surface area contributed by atoms with Crippen molar-refractivity contribution >= 4 is 15.9 Å². The van der Waals surface area contributed by atoms with Crippen molar-refractivity contribution in [2.24, 2.45) is 11.8 Å². The van der Waals surface area contributed by atoms with Crippen LogP contribution in [-0.2, 0) is 6.54 Å². The summed E-state index contributed by atoms with van der Waals surface area (Å²) in [6.45, 7) is 7.90. The zero-order valence-corrected chi connectivity index (χ0v) is 13.9. The van der Waals surface area contributed by atoms with Crippen molar-refractivity contribution in [3.05, 3.63) is 28.5 Å². The summed E-state index contributed by atoms with van der Waals surface area (Å²) < 4.78 is 1.06. The number of nitrogens with zero attached hydrogens (tertiary/aromatic N) is 2. The van der Waals surface area contributed by atoms with E-state index in [1.54, 1.807) is 0 Å². The predicted octanol–water partition coefficient (Wildman–Crippen LogP) is 3.05. The lowest BCUT2D eigenvalue weighted by Crippen LogP contribution is -2.58. The second kappa shape index (κ2) is 6.12. The molecule has 1 aliphatic heterocycles. The van der Waals surface area contributed by atoms with Crippen molar-refractivity contribution in [1.29, 1.82) is 0 Å². The first-order valence-electron chi connectivity index (χ1n) is 7.71. The van der Waals surface area contributed by atoms with E-state index in [4.69, 9.17) is 0 Å². The number of hydrogen-bond donors (Lipinski definition) is 1. The Morgan fingerprint density at radius 2 is 2.20 bits per heavy atom. The lowest BCUT2D eigenvalue weighted by atomic mass is 9.97. The third-order valence-corrected chi connectivity index (χ3v) is 5.08. The fraction of sp³-hybridized carbons (Fsp3) is 0.688. The monoisotopic (exact) mass is 337 g/mol. The van der Waals surface area contributed by atoms with E-state index in [9.17, 15) is 0 Å². The summed E-state index contributed by atoms with van der Waals surface area (Å²) in [5, 5.41) is 3.75. The summed E-state index contributed by atoms with van der Waals surface area (Å²) >= 11 is 3.46. The first-order valence-corrected chi connectivity index (χ1v) is 8.50. The van der Waals surface area contributed by atoms with Crippen LogP contribution in [0.3, 0.4) is 0 Å². The molecule has 4 heteroatoms. The molecule has 0 spiro atoms. The zero-order valence-electron chi connectivity index (χ0n) is 12.3. The smallest absolute Gasteiger partial charge is 0.0544 e. The molecule has 2 aliphatic rings. The van der Waals surface area contributed by atoms with E-state index >= 15 is 0 Å². The number of aromatic nitrogens is 1. The van der Waals surface area contributed by atoms with Gasteiger partial charge in [-0.05, 0) is 52.7 Å². The number of halogens is 1. The Kier molecular flexibility index (Phi) is 4.43. The standard InChI is InChI=1S/C16H24BrN3/c1-11(2)15-10-20(16(8-19-15)12-3-4-12)9-14-6-5-13(17)7-18-14/h5-7,11-12,15-16,19H,3-4,8-10H2,1-2H3. The molecular weight excluding hydrogens is 314 g/mol. The van der Waals surface area contributed by atoms with Crippen LogP contribution in [0.1, 0.15) is 32.4 Å². The summed E-state index contributed by atoms with van der Waals surface area (Å²) in [5.74, 6) is 1.60. The Morgan fingerprint density at radius 3 is 2.80 bits per heavy atom. The maximum Gasteiger partial charge on any atom is 0.0544 e. The van der Waals surface area contributed by atoms with Crippen molar-refractivity contribution in [2.45, 2.75) is 45.3 Å². The molecule has 1 saturated heterocycles. The first-order chi connectivity index (χ1) is 9.63. The lowest BCUT2D eigenvalue weighted by Gasteiger charge is -2.42. The second-order valence-corrected chi connectivity index (χ2v) is 7.48. The molecule has 0 radical (unpaired) electrons. The molecule has 3 rings (SSSR count). The van der Waals surface area contributed by atoms with E-state index < -0.39 is 0 Å². The Bertz CT molecular complexity index is 442. The van der Waals surface area contributed by atoms with E-state index in [0.29, 0.717) is 18.0 Å². The molecule has 3 nitrogen and oxygen atoms in total. The molecule has 110 valence electrons. The number of pyridine rings is 1. The molecule has 1 aromatic rings. The van der Waals surface area contributed by atoms with Gasteiger partial charge >= 0.3 is 0 Å². The highest BCUT2D eigenvalue weighted by Gasteiger charge is 2.39. The number of rotatable bonds is 4. The Balaban J connectivity index is 1.70. The fourth-order valence-electron chi connectivity index (χ4n) is 3.14. The van der Waals surface area contributed by atoms with Crippen molar-refractivity contribution in [3.8, 4) is 0 Å². The molecule has 1 N–H and O–H groups in total. The van der Waals surface area contributed by atoms with Crippen molar-refractivity contribution < 1.29 is 0 Å². The SMILES string of the molecule is CC(C)C1CN(Cc2ccc(Br)cn2)C(C2CC2)CN1. The highest BCUT2D eigenvalue weighted by atomic mass is 79.9. The van der Waals surface area contributed by atoms with Gasteiger partial charge in [-0.1, -0.05) is 13.8 Å². The van der Waals surface area contributed by atoms with Crippen LogP contribution < -0.4 is 5.32 Å². The maximum atomic E-state index is 4.55. The van der Waals surface area contributed by atoms with E-state index in [1.165, 1.54) is 18.5 Å². The van der Waals surface area contributed by atoms with Crippen LogP contribution in [0.2, 0.25) is 0 Å². The van der Waals surface area contributed by atoms with E-state index in [1.807, 2.05) is 6.20 Å². The average molecular weight is 338 g/mol. The van der Waals surface area contributed by atoms with Crippen molar-refractivity contribution in [1.82, 2.24) is 15.2 Å². The Labute approximate surface area is 130 Å². The molecule has 2 heterocycles. The van der Waals surface area contributed by atoms with Gasteiger partial charge in [-0.25, -0.2) is 0 Å². The van der Waals surface area contributed by atoms with Crippen LogP contribution in [0.25, 0.3) is 0 Å². The number of piperazine rings is 1. The van der Waals surface area contributed by atoms with Crippen LogP contribution in [0.15, 0.2) is 22.8 Å². The number of nitrogens with one attached hydrogen (secondary N) is 1. The fourth-order valence-corrected chi connectivity index (χ4v) is 3.37. The van der Waals surface area contributed by atoms with Gasteiger partial charge in [-0.15, -0.1) is 0 Å². The minimum absolute atomic E-state index is 0.612. The van der Waals surface area contributed by atoms with Crippen LogP contribution in [0.5, 0.6) is 0 Å². The third-order valence-electron chi connectivity index (χ3n) is 4.61. The molecule has 1 saturated carbocycles. The highest BCUT2D eigenvalue weighted by molar-refractivity contribution is 9.10. The third kappa shape index (κ3) is 3.41. The van der Waals surface area contributed by atoms with Gasteiger partial charge in [0.1, 0.15) is 0 Å². The summed E-state index contributed by atoms with van der Waals surface area (Å²) in [6.07, 6.45) is 4.72. The Hall–Kier alpha value is -0.450. The van der Waals surface area contributed by atoms with Crippen LogP contribution >= 0.6 is 15.9 Å². The molecule has 1 aromatic heterocycles. The minimum Gasteiger partial charge on any atom is -0.311 e. The zero-order chi connectivity index (χ0) is 14.1. The normalized spacial score (nSPS) is 28.0. The van der Waals surface area contributed by atoms with Gasteiger partial charge in [-0.2, -0.15) is 0 Å². The van der Waals surface area contributed by atoms with E-state index in [0.717, 1.165) is 30.0 Å². The van der Waals surface area contributed by atoms with Crippen molar-refractivity contribution in [2.75, 3.05) is 13.1 Å². The Morgan fingerprint density at radius 1 is 1.40 bits per heavy atom. The maximum absolute atomic E-state index is 4.55. The topological polar surface area (TPSA) is 28.2 Å². The van der Waals surface area contributed by atoms with Gasteiger partial charge in [0, 0.05) is 42.4 Å². The highest BCUT2D eigenvalue weighted by Crippen LogP contribution is 2.37. The summed E-state index contributed by atoms with van der Waals surface area (Å²) in [6, 6.07) is 5.55. The molecule has 0 amide bonds. The van der Waals surface area contributed by atoms with E-state index in [2.05, 4.69) is 57.1 Å². The van der Waals surface area contributed by atoms with Gasteiger partial charge < -0.3 is 5.32 Å². The lowest BCUT2D eigenvalue weighted by molar-refractivity contribution is 0.0914. The largest absolute Gasteiger partial charge is 0.311 e. The summed E-state index contributed by atoms with van der Waals surface area (Å²) in [4.78, 5) is 7.21. The molecule has 2 atom stereocenters. The molecule has 2 fully saturated rings. The number of hydrogen-bond acceptors (Lipinski definition) is 3. The summed E-state index contributed by atoms with van der Waals surface area (Å²) in [7, 11) is 0. The molecule has 0 aromatic carbocycles. The molecule has 2 unspecified atom stereocenters. The van der Waals surface area contributed by atoms with Crippen LogP contribution in [-0.4, -0.2) is 35.1 Å². The predicted molar refractivity (Wildman–Crippen MR) is 85.5 cm³/mol. The first kappa shape index (κ1) is 14.5. The molecule has 1 aliphatic carbocycles. The minimum atomic E-state index is 0.612. The summed E-state index contributed by atoms with van der Waals surface area (Å²) in [5.41, 5.74) is 1.18. The average Bonchev–Trinajstić information content (AvgIpc) is 3.26. The van der Waals surface area contributed by atoms with Crippen LogP contribution in [0, 0.1) is 11.8 Å². The van der Waals surface area contributed by atoms with Gasteiger partial charge in [-0.3, -0.25) is 9.88 Å². The van der Waals surface area contributed by atoms with Crippen molar-refractivity contribution in [3.63, 3.8) is 0 Å².